The number of hydrogen-bond donors (Lipinski definition) is 1. The first-order chi connectivity index (χ1) is 11.1. The first kappa shape index (κ1) is 15.7. The van der Waals surface area contributed by atoms with Crippen LogP contribution in [-0.2, 0) is 37.1 Å². The summed E-state index contributed by atoms with van der Waals surface area (Å²) in [6.07, 6.45) is 6.20. The topological polar surface area (TPSA) is 59.8 Å². The Morgan fingerprint density at radius 2 is 2.17 bits per heavy atom. The maximum absolute atomic E-state index is 12.2. The van der Waals surface area contributed by atoms with E-state index < -0.39 is 0 Å². The van der Waals surface area contributed by atoms with Gasteiger partial charge >= 0.3 is 0 Å². The van der Waals surface area contributed by atoms with Gasteiger partial charge in [0.1, 0.15) is 6.54 Å². The van der Waals surface area contributed by atoms with Crippen molar-refractivity contribution in [2.75, 3.05) is 0 Å². The fourth-order valence-electron chi connectivity index (χ4n) is 3.36. The van der Waals surface area contributed by atoms with Gasteiger partial charge in [-0.2, -0.15) is 5.10 Å². The van der Waals surface area contributed by atoms with Crippen molar-refractivity contribution in [3.05, 3.63) is 46.0 Å². The van der Waals surface area contributed by atoms with Gasteiger partial charge < -0.3 is 5.32 Å². The van der Waals surface area contributed by atoms with Crippen LogP contribution >= 0.6 is 0 Å². The number of aromatic nitrogens is 3. The highest BCUT2D eigenvalue weighted by Gasteiger charge is 2.14. The Hall–Kier alpha value is -2.17. The fraction of sp³-hybridized carbons (Fsp3) is 0.500. The normalized spacial score (nSPS) is 13.2. The van der Waals surface area contributed by atoms with Gasteiger partial charge in [-0.15, -0.1) is 0 Å². The van der Waals surface area contributed by atoms with Crippen LogP contribution in [0.3, 0.4) is 0 Å². The Kier molecular flexibility index (Phi) is 4.46. The number of amides is 1. The van der Waals surface area contributed by atoms with Crippen molar-refractivity contribution in [1.82, 2.24) is 20.1 Å². The molecule has 5 heteroatoms. The van der Waals surface area contributed by atoms with Gasteiger partial charge in [0.05, 0.1) is 5.69 Å². The maximum atomic E-state index is 12.2. The molecule has 0 bridgehead atoms. The van der Waals surface area contributed by atoms with Gasteiger partial charge in [-0.25, -0.2) is 0 Å². The van der Waals surface area contributed by atoms with Gasteiger partial charge in [0.15, 0.2) is 0 Å². The average Bonchev–Trinajstić information content (AvgIpc) is 3.09. The highest BCUT2D eigenvalue weighted by atomic mass is 16.2. The SMILES string of the molecule is CCc1c(C)nn(CC(=O)NCc2cnc3c(c2)CCC3)c1C. The molecule has 0 spiro atoms. The maximum Gasteiger partial charge on any atom is 0.242 e. The number of carbonyl (C=O) groups excluding carboxylic acids is 1. The molecule has 2 aromatic heterocycles. The number of hydrogen-bond acceptors (Lipinski definition) is 3. The van der Waals surface area contributed by atoms with Crippen LogP contribution in [0.1, 0.15) is 47.1 Å². The molecule has 0 radical (unpaired) electrons. The van der Waals surface area contributed by atoms with Crippen LogP contribution in [0.2, 0.25) is 0 Å². The standard InChI is InChI=1S/C18H24N4O/c1-4-16-12(2)21-22(13(16)3)11-18(23)20-10-14-8-15-6-5-7-17(15)19-9-14/h8-9H,4-7,10-11H2,1-3H3,(H,20,23). The second kappa shape index (κ2) is 6.52. The molecule has 0 saturated heterocycles. The molecule has 0 unspecified atom stereocenters. The van der Waals surface area contributed by atoms with Crippen molar-refractivity contribution in [2.24, 2.45) is 0 Å². The third kappa shape index (κ3) is 3.28. The molecule has 0 aromatic carbocycles. The smallest absolute Gasteiger partial charge is 0.242 e. The summed E-state index contributed by atoms with van der Waals surface area (Å²) in [5.41, 5.74) is 6.96. The zero-order chi connectivity index (χ0) is 16.4. The lowest BCUT2D eigenvalue weighted by Crippen LogP contribution is -2.28. The largest absolute Gasteiger partial charge is 0.350 e. The molecule has 2 aromatic rings. The molecule has 1 aliphatic carbocycles. The second-order valence-corrected chi connectivity index (χ2v) is 6.24. The van der Waals surface area contributed by atoms with Gasteiger partial charge in [0.25, 0.3) is 0 Å². The molecule has 1 amide bonds. The summed E-state index contributed by atoms with van der Waals surface area (Å²) in [7, 11) is 0. The van der Waals surface area contributed by atoms with Crippen LogP contribution in [0.25, 0.3) is 0 Å². The monoisotopic (exact) mass is 312 g/mol. The van der Waals surface area contributed by atoms with Gasteiger partial charge in [0, 0.05) is 24.1 Å². The number of pyridine rings is 1. The zero-order valence-corrected chi connectivity index (χ0v) is 14.1. The first-order valence-electron chi connectivity index (χ1n) is 8.34. The zero-order valence-electron chi connectivity index (χ0n) is 14.1. The van der Waals surface area contributed by atoms with Gasteiger partial charge in [-0.05, 0) is 56.2 Å². The van der Waals surface area contributed by atoms with Crippen molar-refractivity contribution < 1.29 is 4.79 Å². The summed E-state index contributed by atoms with van der Waals surface area (Å²) in [6.45, 7) is 6.93. The summed E-state index contributed by atoms with van der Waals surface area (Å²) in [4.78, 5) is 16.7. The Labute approximate surface area is 137 Å². The molecular weight excluding hydrogens is 288 g/mol. The van der Waals surface area contributed by atoms with E-state index in [1.54, 1.807) is 4.68 Å². The van der Waals surface area contributed by atoms with E-state index in [9.17, 15) is 4.79 Å². The quantitative estimate of drug-likeness (QED) is 0.921. The van der Waals surface area contributed by atoms with Crippen molar-refractivity contribution in [3.63, 3.8) is 0 Å². The predicted octanol–water partition coefficient (Wildman–Crippen LogP) is 2.26. The van der Waals surface area contributed by atoms with Crippen molar-refractivity contribution >= 4 is 5.91 Å². The molecule has 2 heterocycles. The number of aryl methyl sites for hydroxylation is 3. The average molecular weight is 312 g/mol. The van der Waals surface area contributed by atoms with E-state index >= 15 is 0 Å². The number of nitrogens with zero attached hydrogens (tertiary/aromatic N) is 3. The minimum absolute atomic E-state index is 0.0150. The number of rotatable bonds is 5. The van der Waals surface area contributed by atoms with Gasteiger partial charge in [0.2, 0.25) is 5.91 Å². The van der Waals surface area contributed by atoms with Crippen LogP contribution in [0.15, 0.2) is 12.3 Å². The van der Waals surface area contributed by atoms with Crippen LogP contribution in [0.5, 0.6) is 0 Å². The molecular formula is C18H24N4O. The van der Waals surface area contributed by atoms with E-state index in [1.165, 1.54) is 23.2 Å². The van der Waals surface area contributed by atoms with Gasteiger partial charge in [-0.1, -0.05) is 13.0 Å². The summed E-state index contributed by atoms with van der Waals surface area (Å²) in [5.74, 6) is -0.0150. The van der Waals surface area contributed by atoms with Crippen molar-refractivity contribution in [3.8, 4) is 0 Å². The lowest BCUT2D eigenvalue weighted by Gasteiger charge is -2.08. The molecule has 0 atom stereocenters. The van der Waals surface area contributed by atoms with E-state index in [1.807, 2.05) is 20.0 Å². The first-order valence-corrected chi connectivity index (χ1v) is 8.34. The molecule has 122 valence electrons. The number of nitrogens with one attached hydrogen (secondary N) is 1. The van der Waals surface area contributed by atoms with Crippen LogP contribution in [0.4, 0.5) is 0 Å². The minimum atomic E-state index is -0.0150. The Morgan fingerprint density at radius 1 is 1.35 bits per heavy atom. The van der Waals surface area contributed by atoms with Gasteiger partial charge in [-0.3, -0.25) is 14.5 Å². The number of carbonyl (C=O) groups is 1. The van der Waals surface area contributed by atoms with E-state index in [0.29, 0.717) is 6.54 Å². The molecule has 1 N–H and O–H groups in total. The molecule has 3 rings (SSSR count). The molecule has 23 heavy (non-hydrogen) atoms. The van der Waals surface area contributed by atoms with Crippen molar-refractivity contribution in [2.45, 2.75) is 59.5 Å². The number of fused-ring (bicyclic) bond motifs is 1. The molecule has 1 aliphatic rings. The lowest BCUT2D eigenvalue weighted by molar-refractivity contribution is -0.122. The van der Waals surface area contributed by atoms with E-state index in [4.69, 9.17) is 0 Å². The van der Waals surface area contributed by atoms with Crippen LogP contribution < -0.4 is 5.32 Å². The third-order valence-corrected chi connectivity index (χ3v) is 4.64. The van der Waals surface area contributed by atoms with Crippen LogP contribution in [0, 0.1) is 13.8 Å². The van der Waals surface area contributed by atoms with E-state index in [2.05, 4.69) is 28.4 Å². The Balaban J connectivity index is 1.60. The predicted molar refractivity (Wildman–Crippen MR) is 89.2 cm³/mol. The highest BCUT2D eigenvalue weighted by Crippen LogP contribution is 2.20. The third-order valence-electron chi connectivity index (χ3n) is 4.64. The minimum Gasteiger partial charge on any atom is -0.350 e. The summed E-state index contributed by atoms with van der Waals surface area (Å²) in [5, 5.41) is 7.44. The Bertz CT molecular complexity index is 733. The summed E-state index contributed by atoms with van der Waals surface area (Å²) < 4.78 is 1.80. The summed E-state index contributed by atoms with van der Waals surface area (Å²) >= 11 is 0. The highest BCUT2D eigenvalue weighted by molar-refractivity contribution is 5.75. The second-order valence-electron chi connectivity index (χ2n) is 6.24. The van der Waals surface area contributed by atoms with Crippen molar-refractivity contribution in [1.29, 1.82) is 0 Å². The molecule has 0 saturated carbocycles. The van der Waals surface area contributed by atoms with E-state index in [0.717, 1.165) is 36.2 Å². The Morgan fingerprint density at radius 3 is 2.91 bits per heavy atom. The van der Waals surface area contributed by atoms with E-state index in [-0.39, 0.29) is 12.5 Å². The molecule has 5 nitrogen and oxygen atoms in total. The summed E-state index contributed by atoms with van der Waals surface area (Å²) in [6, 6.07) is 2.17. The lowest BCUT2D eigenvalue weighted by atomic mass is 10.1. The van der Waals surface area contributed by atoms with Crippen LogP contribution in [-0.4, -0.2) is 20.7 Å². The molecule has 0 aliphatic heterocycles. The fourth-order valence-corrected chi connectivity index (χ4v) is 3.36. The molecule has 0 fully saturated rings.